The van der Waals surface area contributed by atoms with Gasteiger partial charge in [-0.1, -0.05) is 65.4 Å². The predicted octanol–water partition coefficient (Wildman–Crippen LogP) is 5.58. The molecule has 1 aliphatic rings. The van der Waals surface area contributed by atoms with Gasteiger partial charge in [0, 0.05) is 23.0 Å². The Balaban J connectivity index is 2.68. The van der Waals surface area contributed by atoms with Gasteiger partial charge in [-0.3, -0.25) is 4.99 Å². The lowest BCUT2D eigenvalue weighted by Crippen LogP contribution is -2.36. The monoisotopic (exact) mass is 359 g/mol. The van der Waals surface area contributed by atoms with Crippen LogP contribution in [0.2, 0.25) is 0 Å². The van der Waals surface area contributed by atoms with E-state index in [9.17, 15) is 9.90 Å². The normalized spacial score (nSPS) is 21.3. The fraction of sp³-hybridized carbons (Fsp3) is 0.524. The van der Waals surface area contributed by atoms with Crippen molar-refractivity contribution in [1.29, 1.82) is 0 Å². The Bertz CT molecular complexity index is 693. The van der Waals surface area contributed by atoms with Crippen molar-refractivity contribution in [3.8, 4) is 0 Å². The number of hydrogen-bond acceptors (Lipinski definition) is 2. The first-order chi connectivity index (χ1) is 11.6. The van der Waals surface area contributed by atoms with Gasteiger partial charge in [0.1, 0.15) is 0 Å². The highest BCUT2D eigenvalue weighted by Crippen LogP contribution is 2.58. The van der Waals surface area contributed by atoms with Crippen LogP contribution in [0.1, 0.15) is 58.6 Å². The lowest BCUT2D eigenvalue weighted by atomic mass is 9.83. The summed E-state index contributed by atoms with van der Waals surface area (Å²) in [5.74, 6) is -0.960. The molecule has 0 aliphatic carbocycles. The smallest absolute Gasteiger partial charge is 0.334 e. The molecule has 0 aromatic heterocycles. The standard InChI is InChI=1S/C21H30NO2P/c1-12(2)25(13(3)4)20-16(7)22-15(6)18(21(23)24)19(20)17-10-8-14(5)9-11-17/h8-13,19-20H,1-7H3,(H,23,24). The van der Waals surface area contributed by atoms with Gasteiger partial charge < -0.3 is 5.11 Å². The number of hydrogen-bond donors (Lipinski definition) is 1. The van der Waals surface area contributed by atoms with Crippen LogP contribution in [-0.2, 0) is 4.79 Å². The van der Waals surface area contributed by atoms with Crippen LogP contribution in [-0.4, -0.2) is 33.8 Å². The third-order valence-corrected chi connectivity index (χ3v) is 8.67. The maximum absolute atomic E-state index is 12.1. The summed E-state index contributed by atoms with van der Waals surface area (Å²) < 4.78 is 0. The molecule has 0 radical (unpaired) electrons. The maximum atomic E-state index is 12.1. The minimum Gasteiger partial charge on any atom is -0.478 e. The zero-order chi connectivity index (χ0) is 18.9. The molecule has 0 fully saturated rings. The molecule has 0 saturated carbocycles. The lowest BCUT2D eigenvalue weighted by molar-refractivity contribution is -0.133. The number of benzene rings is 1. The summed E-state index contributed by atoms with van der Waals surface area (Å²) >= 11 is 0. The Hall–Kier alpha value is -1.47. The second-order valence-electron chi connectivity index (χ2n) is 7.53. The minimum absolute atomic E-state index is 0.119. The predicted molar refractivity (Wildman–Crippen MR) is 108 cm³/mol. The Morgan fingerprint density at radius 1 is 1.04 bits per heavy atom. The minimum atomic E-state index is -0.841. The van der Waals surface area contributed by atoms with Crippen LogP contribution >= 0.6 is 7.92 Å². The molecule has 1 aromatic rings. The van der Waals surface area contributed by atoms with Crippen molar-refractivity contribution in [1.82, 2.24) is 0 Å². The highest BCUT2D eigenvalue weighted by molar-refractivity contribution is 7.61. The van der Waals surface area contributed by atoms with Crippen molar-refractivity contribution in [2.75, 3.05) is 0 Å². The molecule has 1 heterocycles. The third kappa shape index (κ3) is 4.03. The average molecular weight is 359 g/mol. The van der Waals surface area contributed by atoms with Gasteiger partial charge in [-0.25, -0.2) is 4.79 Å². The number of allylic oxidation sites excluding steroid dienone is 1. The number of rotatable bonds is 5. The van der Waals surface area contributed by atoms with E-state index in [2.05, 4.69) is 70.8 Å². The van der Waals surface area contributed by atoms with Gasteiger partial charge in [0.2, 0.25) is 0 Å². The van der Waals surface area contributed by atoms with Crippen LogP contribution in [0.4, 0.5) is 0 Å². The molecule has 0 spiro atoms. The fourth-order valence-electron chi connectivity index (χ4n) is 4.05. The first kappa shape index (κ1) is 19.8. The molecule has 1 aromatic carbocycles. The molecule has 2 unspecified atom stereocenters. The van der Waals surface area contributed by atoms with Crippen molar-refractivity contribution in [2.45, 2.75) is 71.4 Å². The van der Waals surface area contributed by atoms with Crippen molar-refractivity contribution >= 4 is 19.6 Å². The summed E-state index contributed by atoms with van der Waals surface area (Å²) in [6, 6.07) is 8.34. The highest BCUT2D eigenvalue weighted by atomic mass is 31.1. The van der Waals surface area contributed by atoms with E-state index in [4.69, 9.17) is 0 Å². The van der Waals surface area contributed by atoms with Gasteiger partial charge in [-0.2, -0.15) is 0 Å². The number of aliphatic imine (C=N–C) groups is 1. The average Bonchev–Trinajstić information content (AvgIpc) is 2.49. The van der Waals surface area contributed by atoms with Gasteiger partial charge in [-0.15, -0.1) is 0 Å². The zero-order valence-electron chi connectivity index (χ0n) is 16.4. The van der Waals surface area contributed by atoms with E-state index < -0.39 is 13.9 Å². The van der Waals surface area contributed by atoms with Crippen molar-refractivity contribution in [2.24, 2.45) is 4.99 Å². The summed E-state index contributed by atoms with van der Waals surface area (Å²) in [5.41, 5.74) is 5.69. The Labute approximate surface area is 153 Å². The number of carbonyl (C=O) groups is 1. The molecular weight excluding hydrogens is 329 g/mol. The topological polar surface area (TPSA) is 49.7 Å². The number of aryl methyl sites for hydroxylation is 1. The first-order valence-electron chi connectivity index (χ1n) is 8.98. The lowest BCUT2D eigenvalue weighted by Gasteiger charge is -2.41. The Kier molecular flexibility index (Phi) is 6.21. The molecule has 136 valence electrons. The van der Waals surface area contributed by atoms with Crippen LogP contribution in [0.3, 0.4) is 0 Å². The van der Waals surface area contributed by atoms with E-state index in [1.807, 2.05) is 6.92 Å². The second-order valence-corrected chi connectivity index (χ2v) is 11.0. The van der Waals surface area contributed by atoms with Crippen LogP contribution in [0, 0.1) is 6.92 Å². The van der Waals surface area contributed by atoms with Crippen molar-refractivity contribution in [3.63, 3.8) is 0 Å². The number of carboxylic acid groups (broad SMARTS) is 1. The summed E-state index contributed by atoms with van der Waals surface area (Å²) in [4.78, 5) is 16.8. The molecule has 3 nitrogen and oxygen atoms in total. The molecule has 0 amide bonds. The summed E-state index contributed by atoms with van der Waals surface area (Å²) in [6.07, 6.45) is 0. The van der Waals surface area contributed by atoms with Crippen LogP contribution in [0.5, 0.6) is 0 Å². The zero-order valence-corrected chi connectivity index (χ0v) is 17.3. The third-order valence-electron chi connectivity index (χ3n) is 4.97. The molecular formula is C21H30NO2P. The molecule has 4 heteroatoms. The van der Waals surface area contributed by atoms with Gasteiger partial charge >= 0.3 is 5.97 Å². The van der Waals surface area contributed by atoms with Crippen LogP contribution in [0.25, 0.3) is 0 Å². The summed E-state index contributed by atoms with van der Waals surface area (Å²) in [6.45, 7) is 15.0. The van der Waals surface area contributed by atoms with E-state index in [0.717, 1.165) is 11.3 Å². The van der Waals surface area contributed by atoms with E-state index in [1.54, 1.807) is 0 Å². The van der Waals surface area contributed by atoms with Crippen LogP contribution < -0.4 is 0 Å². The van der Waals surface area contributed by atoms with E-state index >= 15 is 0 Å². The van der Waals surface area contributed by atoms with Gasteiger partial charge in [0.05, 0.1) is 5.57 Å². The molecule has 1 N–H and O–H groups in total. The van der Waals surface area contributed by atoms with Crippen molar-refractivity contribution in [3.05, 3.63) is 46.7 Å². The van der Waals surface area contributed by atoms with E-state index in [1.165, 1.54) is 5.56 Å². The number of nitrogens with zero attached hydrogens (tertiary/aromatic N) is 1. The fourth-order valence-corrected chi connectivity index (χ4v) is 7.68. The van der Waals surface area contributed by atoms with Crippen molar-refractivity contribution < 1.29 is 9.90 Å². The Morgan fingerprint density at radius 2 is 1.56 bits per heavy atom. The molecule has 2 rings (SSSR count). The molecule has 0 bridgehead atoms. The quantitative estimate of drug-likeness (QED) is 0.698. The van der Waals surface area contributed by atoms with Crippen LogP contribution in [0.15, 0.2) is 40.5 Å². The van der Waals surface area contributed by atoms with E-state index in [0.29, 0.717) is 22.6 Å². The van der Waals surface area contributed by atoms with E-state index in [-0.39, 0.29) is 11.6 Å². The Morgan fingerprint density at radius 3 is 2.00 bits per heavy atom. The largest absolute Gasteiger partial charge is 0.478 e. The molecule has 25 heavy (non-hydrogen) atoms. The maximum Gasteiger partial charge on any atom is 0.334 e. The SMILES string of the molecule is CC1=NC(C)=C(C(=O)O)C(c2ccc(C)cc2)C1P(C(C)C)C(C)C. The summed E-state index contributed by atoms with van der Waals surface area (Å²) in [5, 5.41) is 9.94. The highest BCUT2D eigenvalue weighted by Gasteiger charge is 2.42. The molecule has 0 saturated heterocycles. The molecule has 2 atom stereocenters. The van der Waals surface area contributed by atoms with Gasteiger partial charge in [0.25, 0.3) is 0 Å². The molecule has 1 aliphatic heterocycles. The van der Waals surface area contributed by atoms with Gasteiger partial charge in [0.15, 0.2) is 0 Å². The summed E-state index contributed by atoms with van der Waals surface area (Å²) in [7, 11) is -0.406. The number of aliphatic carboxylic acids is 1. The first-order valence-corrected chi connectivity index (χ1v) is 10.5. The van der Waals surface area contributed by atoms with Gasteiger partial charge in [-0.05, 0) is 37.7 Å². The number of carboxylic acids is 1. The second kappa shape index (κ2) is 7.83.